The van der Waals surface area contributed by atoms with E-state index in [0.717, 1.165) is 32.5 Å². The maximum atomic E-state index is 10.7. The van der Waals surface area contributed by atoms with Crippen LogP contribution >= 0.6 is 0 Å². The fourth-order valence-corrected chi connectivity index (χ4v) is 4.32. The molecule has 1 N–H and O–H groups in total. The Hall–Kier alpha value is -0.610. The van der Waals surface area contributed by atoms with Crippen molar-refractivity contribution in [2.24, 2.45) is 5.92 Å². The van der Waals surface area contributed by atoms with Crippen LogP contribution < -0.4 is 0 Å². The zero-order valence-corrected chi connectivity index (χ0v) is 12.4. The van der Waals surface area contributed by atoms with Crippen LogP contribution in [0.2, 0.25) is 0 Å². The highest BCUT2D eigenvalue weighted by Crippen LogP contribution is 2.43. The van der Waals surface area contributed by atoms with Crippen molar-refractivity contribution in [3.8, 4) is 0 Å². The van der Waals surface area contributed by atoms with E-state index in [1.54, 1.807) is 0 Å². The van der Waals surface area contributed by atoms with E-state index in [4.69, 9.17) is 9.84 Å². The largest absolute Gasteiger partial charge is 0.481 e. The van der Waals surface area contributed by atoms with Gasteiger partial charge in [-0.05, 0) is 57.5 Å². The summed E-state index contributed by atoms with van der Waals surface area (Å²) in [6, 6.07) is 0. The molecule has 0 amide bonds. The zero-order chi connectivity index (χ0) is 14.0. The Morgan fingerprint density at radius 1 is 1.15 bits per heavy atom. The molecular formula is C16H27NO3. The van der Waals surface area contributed by atoms with Crippen LogP contribution in [0.25, 0.3) is 0 Å². The van der Waals surface area contributed by atoms with Gasteiger partial charge >= 0.3 is 5.97 Å². The molecule has 3 aliphatic rings. The van der Waals surface area contributed by atoms with Crippen molar-refractivity contribution in [1.29, 1.82) is 0 Å². The van der Waals surface area contributed by atoms with Crippen molar-refractivity contribution in [3.63, 3.8) is 0 Å². The van der Waals surface area contributed by atoms with Gasteiger partial charge in [-0.3, -0.25) is 4.79 Å². The van der Waals surface area contributed by atoms with Crippen LogP contribution in [0.15, 0.2) is 0 Å². The average Bonchev–Trinajstić information content (AvgIpc) is 3.02. The van der Waals surface area contributed by atoms with Crippen molar-refractivity contribution in [2.75, 3.05) is 19.6 Å². The third kappa shape index (κ3) is 3.34. The summed E-state index contributed by atoms with van der Waals surface area (Å²) < 4.78 is 6.37. The Morgan fingerprint density at radius 3 is 2.50 bits per heavy atom. The molecule has 20 heavy (non-hydrogen) atoms. The molecule has 1 unspecified atom stereocenters. The summed E-state index contributed by atoms with van der Waals surface area (Å²) in [5.41, 5.74) is 0.242. The van der Waals surface area contributed by atoms with E-state index in [0.29, 0.717) is 18.4 Å². The average molecular weight is 281 g/mol. The summed E-state index contributed by atoms with van der Waals surface area (Å²) in [4.78, 5) is 13.2. The van der Waals surface area contributed by atoms with Gasteiger partial charge < -0.3 is 14.7 Å². The second-order valence-corrected chi connectivity index (χ2v) is 7.01. The smallest absolute Gasteiger partial charge is 0.303 e. The Bertz CT molecular complexity index is 344. The number of carboxylic acids is 1. The van der Waals surface area contributed by atoms with Crippen molar-refractivity contribution in [1.82, 2.24) is 4.90 Å². The van der Waals surface area contributed by atoms with E-state index >= 15 is 0 Å². The Kier molecular flexibility index (Phi) is 4.32. The number of likely N-dealkylation sites (tertiary alicyclic amines) is 1. The first-order chi connectivity index (χ1) is 9.65. The van der Waals surface area contributed by atoms with Gasteiger partial charge in [-0.1, -0.05) is 12.8 Å². The van der Waals surface area contributed by atoms with Crippen LogP contribution in [0.4, 0.5) is 0 Å². The molecule has 1 spiro atoms. The second-order valence-electron chi connectivity index (χ2n) is 7.01. The summed E-state index contributed by atoms with van der Waals surface area (Å²) in [6.45, 7) is 3.15. The van der Waals surface area contributed by atoms with Crippen LogP contribution in [-0.4, -0.2) is 47.3 Å². The normalized spacial score (nSPS) is 31.1. The second kappa shape index (κ2) is 6.02. The first kappa shape index (κ1) is 14.3. The van der Waals surface area contributed by atoms with Crippen molar-refractivity contribution in [3.05, 3.63) is 0 Å². The van der Waals surface area contributed by atoms with E-state index in [9.17, 15) is 4.79 Å². The lowest BCUT2D eigenvalue weighted by molar-refractivity contribution is -0.138. The summed E-state index contributed by atoms with van der Waals surface area (Å²) >= 11 is 0. The highest BCUT2D eigenvalue weighted by atomic mass is 16.5. The van der Waals surface area contributed by atoms with Crippen LogP contribution in [0.1, 0.15) is 57.8 Å². The zero-order valence-electron chi connectivity index (χ0n) is 12.4. The highest BCUT2D eigenvalue weighted by Gasteiger charge is 2.42. The molecule has 0 bridgehead atoms. The molecule has 1 saturated carbocycles. The molecule has 1 aliphatic carbocycles. The first-order valence-electron chi connectivity index (χ1n) is 8.27. The lowest BCUT2D eigenvalue weighted by Crippen LogP contribution is -2.40. The van der Waals surface area contributed by atoms with Crippen molar-refractivity contribution < 1.29 is 14.6 Å². The standard InChI is InChI=1S/C16H27NO3/c18-15(19)11-13-4-9-17(10-5-13)12-14-3-8-16(20-14)6-1-2-7-16/h13-14H,1-12H2,(H,18,19). The van der Waals surface area contributed by atoms with Crippen LogP contribution in [0.3, 0.4) is 0 Å². The predicted octanol–water partition coefficient (Wildman–Crippen LogP) is 2.66. The quantitative estimate of drug-likeness (QED) is 0.860. The fourth-order valence-electron chi connectivity index (χ4n) is 4.32. The lowest BCUT2D eigenvalue weighted by Gasteiger charge is -2.33. The van der Waals surface area contributed by atoms with Gasteiger partial charge in [-0.2, -0.15) is 0 Å². The van der Waals surface area contributed by atoms with E-state index in [1.807, 2.05) is 0 Å². The number of carboxylic acid groups (broad SMARTS) is 1. The molecule has 0 aromatic carbocycles. The molecule has 0 aromatic rings. The van der Waals surface area contributed by atoms with Gasteiger partial charge in [0.1, 0.15) is 0 Å². The SMILES string of the molecule is O=C(O)CC1CCN(CC2CCC3(CCCC3)O2)CC1. The van der Waals surface area contributed by atoms with Gasteiger partial charge in [0, 0.05) is 13.0 Å². The minimum Gasteiger partial charge on any atom is -0.481 e. The fraction of sp³-hybridized carbons (Fsp3) is 0.938. The number of carbonyl (C=O) groups is 1. The number of piperidine rings is 1. The third-order valence-corrected chi connectivity index (χ3v) is 5.49. The monoisotopic (exact) mass is 281 g/mol. The van der Waals surface area contributed by atoms with Crippen LogP contribution in [0, 0.1) is 5.92 Å². The van der Waals surface area contributed by atoms with E-state index in [-0.39, 0.29) is 5.60 Å². The maximum Gasteiger partial charge on any atom is 0.303 e. The molecule has 4 heteroatoms. The predicted molar refractivity (Wildman–Crippen MR) is 76.7 cm³/mol. The van der Waals surface area contributed by atoms with Crippen molar-refractivity contribution >= 4 is 5.97 Å². The molecule has 1 atom stereocenters. The molecule has 2 aliphatic heterocycles. The first-order valence-corrected chi connectivity index (χ1v) is 8.27. The molecule has 3 fully saturated rings. The van der Waals surface area contributed by atoms with E-state index in [1.165, 1.54) is 38.5 Å². The van der Waals surface area contributed by atoms with Gasteiger partial charge in [0.15, 0.2) is 0 Å². The Labute approximate surface area is 121 Å². The van der Waals surface area contributed by atoms with E-state index in [2.05, 4.69) is 4.90 Å². The Morgan fingerprint density at radius 2 is 1.85 bits per heavy atom. The van der Waals surface area contributed by atoms with E-state index < -0.39 is 5.97 Å². The van der Waals surface area contributed by atoms with Gasteiger partial charge in [0.25, 0.3) is 0 Å². The van der Waals surface area contributed by atoms with Crippen LogP contribution in [-0.2, 0) is 9.53 Å². The summed E-state index contributed by atoms with van der Waals surface area (Å²) in [7, 11) is 0. The highest BCUT2D eigenvalue weighted by molar-refractivity contribution is 5.67. The van der Waals surface area contributed by atoms with Crippen molar-refractivity contribution in [2.45, 2.75) is 69.5 Å². The molecule has 2 saturated heterocycles. The molecule has 0 aromatic heterocycles. The van der Waals surface area contributed by atoms with Gasteiger partial charge in [-0.15, -0.1) is 0 Å². The molecule has 2 heterocycles. The third-order valence-electron chi connectivity index (χ3n) is 5.49. The lowest BCUT2D eigenvalue weighted by atomic mass is 9.93. The maximum absolute atomic E-state index is 10.7. The summed E-state index contributed by atoms with van der Waals surface area (Å²) in [5.74, 6) is -0.264. The number of nitrogens with zero attached hydrogens (tertiary/aromatic N) is 1. The number of hydrogen-bond donors (Lipinski definition) is 1. The minimum absolute atomic E-state index is 0.242. The molecule has 0 radical (unpaired) electrons. The van der Waals surface area contributed by atoms with Gasteiger partial charge in [0.05, 0.1) is 11.7 Å². The number of hydrogen-bond acceptors (Lipinski definition) is 3. The molecule has 3 rings (SSSR count). The van der Waals surface area contributed by atoms with Gasteiger partial charge in [0.2, 0.25) is 0 Å². The van der Waals surface area contributed by atoms with Gasteiger partial charge in [-0.25, -0.2) is 0 Å². The number of ether oxygens (including phenoxy) is 1. The topological polar surface area (TPSA) is 49.8 Å². The number of rotatable bonds is 4. The Balaban J connectivity index is 1.41. The minimum atomic E-state index is -0.647. The van der Waals surface area contributed by atoms with Crippen LogP contribution in [0.5, 0.6) is 0 Å². The molecule has 4 nitrogen and oxygen atoms in total. The summed E-state index contributed by atoms with van der Waals surface area (Å²) in [6.07, 6.45) is 10.5. The number of aliphatic carboxylic acids is 1. The molecular weight excluding hydrogens is 254 g/mol. The molecule has 114 valence electrons. The summed E-state index contributed by atoms with van der Waals surface area (Å²) in [5, 5.41) is 8.85.